The number of carbonyl (C=O) groups excluding carboxylic acids is 2. The number of hydrogen-bond acceptors (Lipinski definition) is 6. The summed E-state index contributed by atoms with van der Waals surface area (Å²) in [6, 6.07) is 5.35. The van der Waals surface area contributed by atoms with Gasteiger partial charge in [-0.15, -0.1) is 5.48 Å². The zero-order valence-electron chi connectivity index (χ0n) is 16.2. The molecule has 2 amide bonds. The number of nitrogens with one attached hydrogen (secondary N) is 2. The number of pyridine rings is 2. The molecule has 0 spiro atoms. The zero-order chi connectivity index (χ0) is 21.6. The maximum Gasteiger partial charge on any atom is 0.427 e. The number of carbonyl (C=O) groups is 2. The Morgan fingerprint density at radius 2 is 2.00 bits per heavy atom. The van der Waals surface area contributed by atoms with Crippen molar-refractivity contribution in [1.82, 2.24) is 30.2 Å². The molecule has 2 fully saturated rings. The molecule has 1 unspecified atom stereocenters. The summed E-state index contributed by atoms with van der Waals surface area (Å²) in [7, 11) is 0. The number of piperidine rings is 1. The second-order valence-electron chi connectivity index (χ2n) is 7.53. The largest absolute Gasteiger partial charge is 0.427 e. The average Bonchev–Trinajstić information content (AvgIpc) is 3.39. The summed E-state index contributed by atoms with van der Waals surface area (Å²) in [5.41, 5.74) is 4.95. The second kappa shape index (κ2) is 7.27. The van der Waals surface area contributed by atoms with Gasteiger partial charge in [-0.3, -0.25) is 19.7 Å². The lowest BCUT2D eigenvalue weighted by Crippen LogP contribution is -2.42. The lowest BCUT2D eigenvalue weighted by atomic mass is 10.1. The Hall–Kier alpha value is -3.60. The number of fused-ring (bicyclic) bond motifs is 1. The van der Waals surface area contributed by atoms with Crippen LogP contribution in [-0.4, -0.2) is 50.4 Å². The number of rotatable bonds is 3. The Balaban J connectivity index is 1.40. The maximum atomic E-state index is 13.4. The molecule has 2 saturated heterocycles. The summed E-state index contributed by atoms with van der Waals surface area (Å²) < 4.78 is 28.5. The second-order valence-corrected chi connectivity index (χ2v) is 7.53. The van der Waals surface area contributed by atoms with E-state index in [0.29, 0.717) is 22.5 Å². The summed E-state index contributed by atoms with van der Waals surface area (Å²) in [5, 5.41) is 3.34. The minimum atomic E-state index is -2.71. The number of aromatic nitrogens is 3. The minimum Gasteiger partial charge on any atom is -0.351 e. The van der Waals surface area contributed by atoms with E-state index in [-0.39, 0.29) is 31.8 Å². The predicted octanol–water partition coefficient (Wildman–Crippen LogP) is 2.53. The minimum absolute atomic E-state index is 0.0266. The summed E-state index contributed by atoms with van der Waals surface area (Å²) in [6.07, 6.45) is 4.77. The topological polar surface area (TPSA) is 101 Å². The lowest BCUT2D eigenvalue weighted by molar-refractivity contribution is -0.0494. The molecule has 0 bridgehead atoms. The van der Waals surface area contributed by atoms with Gasteiger partial charge in [-0.2, -0.15) is 0 Å². The molecule has 11 heteroatoms. The summed E-state index contributed by atoms with van der Waals surface area (Å²) in [4.78, 5) is 38.8. The molecule has 0 aliphatic carbocycles. The molecule has 1 atom stereocenters. The number of likely N-dealkylation sites (tertiary alicyclic amines) is 1. The van der Waals surface area contributed by atoms with Gasteiger partial charge in [-0.25, -0.2) is 18.6 Å². The first-order valence-corrected chi connectivity index (χ1v) is 9.72. The smallest absolute Gasteiger partial charge is 0.351 e. The van der Waals surface area contributed by atoms with E-state index in [1.165, 1.54) is 11.1 Å². The highest BCUT2D eigenvalue weighted by Crippen LogP contribution is 2.29. The molecular weight excluding hydrogens is 410 g/mol. The third-order valence-corrected chi connectivity index (χ3v) is 5.44. The van der Waals surface area contributed by atoms with E-state index < -0.39 is 18.2 Å². The van der Waals surface area contributed by atoms with Crippen molar-refractivity contribution < 1.29 is 23.2 Å². The van der Waals surface area contributed by atoms with E-state index in [2.05, 4.69) is 20.8 Å². The Bertz CT molecular complexity index is 1170. The van der Waals surface area contributed by atoms with Gasteiger partial charge in [0, 0.05) is 55.5 Å². The van der Waals surface area contributed by atoms with Crippen LogP contribution < -0.4 is 10.8 Å². The first kappa shape index (κ1) is 19.4. The van der Waals surface area contributed by atoms with E-state index in [1.54, 1.807) is 29.2 Å². The van der Waals surface area contributed by atoms with Gasteiger partial charge < -0.3 is 9.74 Å². The molecule has 3 aromatic rings. The fraction of sp³-hybridized carbons (Fsp3) is 0.300. The van der Waals surface area contributed by atoms with Crippen LogP contribution in [0.1, 0.15) is 34.9 Å². The first-order valence-electron chi connectivity index (χ1n) is 9.72. The van der Waals surface area contributed by atoms with Gasteiger partial charge in [0.1, 0.15) is 11.8 Å². The van der Waals surface area contributed by atoms with E-state index in [1.807, 2.05) is 12.1 Å². The van der Waals surface area contributed by atoms with Crippen molar-refractivity contribution in [3.63, 3.8) is 0 Å². The van der Waals surface area contributed by atoms with Crippen molar-refractivity contribution in [2.45, 2.75) is 24.9 Å². The van der Waals surface area contributed by atoms with Gasteiger partial charge in [-0.05, 0) is 18.2 Å². The van der Waals surface area contributed by atoms with E-state index >= 15 is 0 Å². The molecule has 0 saturated carbocycles. The Morgan fingerprint density at radius 3 is 2.74 bits per heavy atom. The Labute approximate surface area is 175 Å². The molecular formula is C20H18F2N6O3. The molecule has 5 heterocycles. The van der Waals surface area contributed by atoms with Gasteiger partial charge in [-0.1, -0.05) is 0 Å². The van der Waals surface area contributed by atoms with E-state index in [9.17, 15) is 18.4 Å². The van der Waals surface area contributed by atoms with Crippen molar-refractivity contribution in [1.29, 1.82) is 0 Å². The number of alkyl halides is 2. The van der Waals surface area contributed by atoms with Crippen LogP contribution in [0, 0.1) is 0 Å². The van der Waals surface area contributed by atoms with Gasteiger partial charge in [0.05, 0.1) is 17.4 Å². The standard InChI is InChI=1S/C20H18F2N6O3/c21-20(22)2-5-27(6-3-20)18(29)14-7-12-1-4-28(17(12)24-10-14)15-8-13(9-23-11-15)16-25-19(30)31-26-16/h1,4,7-11,16,26H,2-3,5-6H2,(H,25,30). The van der Waals surface area contributed by atoms with Crippen LogP contribution in [0.3, 0.4) is 0 Å². The number of hydroxylamine groups is 1. The Kier molecular flexibility index (Phi) is 4.54. The molecule has 160 valence electrons. The summed E-state index contributed by atoms with van der Waals surface area (Å²) >= 11 is 0. The fourth-order valence-electron chi connectivity index (χ4n) is 3.74. The predicted molar refractivity (Wildman–Crippen MR) is 104 cm³/mol. The van der Waals surface area contributed by atoms with Gasteiger partial charge in [0.2, 0.25) is 0 Å². The summed E-state index contributed by atoms with van der Waals surface area (Å²) in [6.45, 7) is 0.0532. The van der Waals surface area contributed by atoms with Gasteiger partial charge in [0.25, 0.3) is 11.8 Å². The highest BCUT2D eigenvalue weighted by Gasteiger charge is 2.36. The van der Waals surface area contributed by atoms with Crippen molar-refractivity contribution >= 4 is 23.0 Å². The molecule has 0 radical (unpaired) electrons. The van der Waals surface area contributed by atoms with Crippen molar-refractivity contribution in [3.05, 3.63) is 54.1 Å². The van der Waals surface area contributed by atoms with Crippen LogP contribution in [0.5, 0.6) is 0 Å². The average molecular weight is 428 g/mol. The molecule has 5 rings (SSSR count). The molecule has 2 aliphatic rings. The normalized spacial score (nSPS) is 20.5. The van der Waals surface area contributed by atoms with Gasteiger partial charge >= 0.3 is 6.09 Å². The first-order chi connectivity index (χ1) is 14.9. The van der Waals surface area contributed by atoms with E-state index in [0.717, 1.165) is 5.39 Å². The Morgan fingerprint density at radius 1 is 1.19 bits per heavy atom. The van der Waals surface area contributed by atoms with Crippen LogP contribution in [0.4, 0.5) is 13.6 Å². The van der Waals surface area contributed by atoms with Crippen LogP contribution in [0.15, 0.2) is 43.0 Å². The van der Waals surface area contributed by atoms with Crippen LogP contribution in [-0.2, 0) is 4.84 Å². The van der Waals surface area contributed by atoms with Crippen molar-refractivity contribution in [3.8, 4) is 5.69 Å². The SMILES string of the molecule is O=C1NC(c2cncc(-n3ccc4cc(C(=O)N5CCC(F)(F)CC5)cnc43)c2)NO1. The van der Waals surface area contributed by atoms with Gasteiger partial charge in [0.15, 0.2) is 0 Å². The fourth-order valence-corrected chi connectivity index (χ4v) is 3.74. The monoisotopic (exact) mass is 428 g/mol. The highest BCUT2D eigenvalue weighted by atomic mass is 19.3. The molecule has 3 aromatic heterocycles. The molecule has 2 N–H and O–H groups in total. The molecule has 2 aliphatic heterocycles. The molecule has 31 heavy (non-hydrogen) atoms. The number of nitrogens with zero attached hydrogens (tertiary/aromatic N) is 4. The number of amides is 2. The number of halogens is 2. The molecule has 0 aromatic carbocycles. The quantitative estimate of drug-likeness (QED) is 0.665. The third-order valence-electron chi connectivity index (χ3n) is 5.44. The van der Waals surface area contributed by atoms with Crippen molar-refractivity contribution in [2.75, 3.05) is 13.1 Å². The van der Waals surface area contributed by atoms with Crippen LogP contribution >= 0.6 is 0 Å². The van der Waals surface area contributed by atoms with Crippen molar-refractivity contribution in [2.24, 2.45) is 0 Å². The van der Waals surface area contributed by atoms with E-state index in [4.69, 9.17) is 4.84 Å². The number of hydrogen-bond donors (Lipinski definition) is 2. The molecule has 9 nitrogen and oxygen atoms in total. The highest BCUT2D eigenvalue weighted by molar-refractivity contribution is 5.97. The van der Waals surface area contributed by atoms with Crippen LogP contribution in [0.25, 0.3) is 16.7 Å². The maximum absolute atomic E-state index is 13.4. The van der Waals surface area contributed by atoms with Crippen LogP contribution in [0.2, 0.25) is 0 Å². The zero-order valence-corrected chi connectivity index (χ0v) is 16.2. The lowest BCUT2D eigenvalue weighted by Gasteiger charge is -2.31. The summed E-state index contributed by atoms with van der Waals surface area (Å²) in [5.74, 6) is -3.01. The third kappa shape index (κ3) is 3.67.